The van der Waals surface area contributed by atoms with Crippen LogP contribution in [-0.2, 0) is 16.0 Å². The molecule has 2 saturated heterocycles. The fourth-order valence-corrected chi connectivity index (χ4v) is 3.91. The van der Waals surface area contributed by atoms with Crippen molar-refractivity contribution in [2.24, 2.45) is 11.7 Å². The van der Waals surface area contributed by atoms with Gasteiger partial charge in [-0.2, -0.15) is 0 Å². The Balaban J connectivity index is 1.65. The van der Waals surface area contributed by atoms with Crippen molar-refractivity contribution in [2.75, 3.05) is 24.5 Å². The van der Waals surface area contributed by atoms with E-state index in [2.05, 4.69) is 6.92 Å². The highest BCUT2D eigenvalue weighted by molar-refractivity contribution is 5.95. The largest absolute Gasteiger partial charge is 0.338 e. The van der Waals surface area contributed by atoms with E-state index < -0.39 is 0 Å². The minimum absolute atomic E-state index is 0.155. The van der Waals surface area contributed by atoms with E-state index in [1.807, 2.05) is 34.1 Å². The van der Waals surface area contributed by atoms with Gasteiger partial charge in [0.1, 0.15) is 0 Å². The van der Waals surface area contributed by atoms with Crippen molar-refractivity contribution in [1.82, 2.24) is 4.90 Å². The molecule has 2 aliphatic rings. The Kier molecular flexibility index (Phi) is 5.19. The monoisotopic (exact) mass is 329 g/mol. The summed E-state index contributed by atoms with van der Waals surface area (Å²) in [6.07, 6.45) is 4.15. The standard InChI is InChI=1S/C19H27N3O2/c1-14-4-2-11-22(17(14)13-20)19(24)12-15-6-8-16(9-7-15)21-10-3-5-18(21)23/h6-9,14,17H,2-5,10-13,20H2,1H3/t14-,17+/m0/s1. The van der Waals surface area contributed by atoms with Crippen molar-refractivity contribution in [1.29, 1.82) is 0 Å². The summed E-state index contributed by atoms with van der Waals surface area (Å²) in [5, 5.41) is 0. The Labute approximate surface area is 143 Å². The predicted molar refractivity (Wildman–Crippen MR) is 94.7 cm³/mol. The molecule has 0 aliphatic carbocycles. The number of carbonyl (C=O) groups is 2. The summed E-state index contributed by atoms with van der Waals surface area (Å²) in [4.78, 5) is 28.3. The molecule has 5 nitrogen and oxygen atoms in total. The van der Waals surface area contributed by atoms with Crippen LogP contribution >= 0.6 is 0 Å². The molecule has 0 spiro atoms. The Morgan fingerprint density at radius 2 is 1.96 bits per heavy atom. The molecule has 1 aromatic rings. The number of nitrogens with two attached hydrogens (primary N) is 1. The topological polar surface area (TPSA) is 66.6 Å². The van der Waals surface area contributed by atoms with E-state index in [9.17, 15) is 9.59 Å². The maximum atomic E-state index is 12.7. The summed E-state index contributed by atoms with van der Waals surface area (Å²) < 4.78 is 0. The van der Waals surface area contributed by atoms with Crippen LogP contribution in [0.3, 0.4) is 0 Å². The van der Waals surface area contributed by atoms with E-state index in [0.717, 1.165) is 43.6 Å². The minimum atomic E-state index is 0.155. The molecule has 1 aromatic carbocycles. The predicted octanol–water partition coefficient (Wildman–Crippen LogP) is 1.94. The van der Waals surface area contributed by atoms with Crippen LogP contribution in [0.2, 0.25) is 0 Å². The van der Waals surface area contributed by atoms with Gasteiger partial charge < -0.3 is 15.5 Å². The van der Waals surface area contributed by atoms with Gasteiger partial charge in [0.2, 0.25) is 11.8 Å². The summed E-state index contributed by atoms with van der Waals surface area (Å²) in [5.74, 6) is 0.810. The van der Waals surface area contributed by atoms with Crippen LogP contribution in [0.1, 0.15) is 38.2 Å². The Bertz CT molecular complexity index is 599. The number of amides is 2. The SMILES string of the molecule is C[C@H]1CCCN(C(=O)Cc2ccc(N3CCCC3=O)cc2)[C@@H]1CN. The molecule has 0 radical (unpaired) electrons. The maximum Gasteiger partial charge on any atom is 0.227 e. The quantitative estimate of drug-likeness (QED) is 0.918. The van der Waals surface area contributed by atoms with E-state index in [1.54, 1.807) is 0 Å². The second-order valence-electron chi connectivity index (χ2n) is 7.00. The molecule has 2 fully saturated rings. The molecule has 2 aliphatic heterocycles. The molecule has 24 heavy (non-hydrogen) atoms. The van der Waals surface area contributed by atoms with E-state index in [-0.39, 0.29) is 17.9 Å². The summed E-state index contributed by atoms with van der Waals surface area (Å²) in [5.41, 5.74) is 7.81. The molecule has 2 N–H and O–H groups in total. The van der Waals surface area contributed by atoms with Crippen LogP contribution in [0.15, 0.2) is 24.3 Å². The average molecular weight is 329 g/mol. The first-order chi connectivity index (χ1) is 11.6. The molecule has 0 bridgehead atoms. The summed E-state index contributed by atoms with van der Waals surface area (Å²) >= 11 is 0. The highest BCUT2D eigenvalue weighted by atomic mass is 16.2. The van der Waals surface area contributed by atoms with Gasteiger partial charge in [0.05, 0.1) is 6.42 Å². The number of hydrogen-bond donors (Lipinski definition) is 1. The minimum Gasteiger partial charge on any atom is -0.338 e. The Hall–Kier alpha value is -1.88. The first kappa shape index (κ1) is 17.0. The summed E-state index contributed by atoms with van der Waals surface area (Å²) in [6, 6.07) is 7.98. The van der Waals surface area contributed by atoms with Gasteiger partial charge in [0.15, 0.2) is 0 Å². The van der Waals surface area contributed by atoms with Crippen LogP contribution < -0.4 is 10.6 Å². The normalized spacial score (nSPS) is 24.5. The number of likely N-dealkylation sites (tertiary alicyclic amines) is 1. The van der Waals surface area contributed by atoms with E-state index in [1.165, 1.54) is 0 Å². The van der Waals surface area contributed by atoms with Gasteiger partial charge in [-0.3, -0.25) is 9.59 Å². The summed E-state index contributed by atoms with van der Waals surface area (Å²) in [7, 11) is 0. The number of carbonyl (C=O) groups excluding carboxylic acids is 2. The van der Waals surface area contributed by atoms with Crippen LogP contribution in [0, 0.1) is 5.92 Å². The summed E-state index contributed by atoms with van der Waals surface area (Å²) in [6.45, 7) is 4.31. The second-order valence-corrected chi connectivity index (χ2v) is 7.00. The first-order valence-corrected chi connectivity index (χ1v) is 8.99. The van der Waals surface area contributed by atoms with Gasteiger partial charge in [-0.05, 0) is 42.9 Å². The first-order valence-electron chi connectivity index (χ1n) is 8.99. The zero-order chi connectivity index (χ0) is 17.1. The van der Waals surface area contributed by atoms with Gasteiger partial charge in [0.25, 0.3) is 0 Å². The lowest BCUT2D eigenvalue weighted by molar-refractivity contribution is -0.135. The lowest BCUT2D eigenvalue weighted by Gasteiger charge is -2.39. The third-order valence-corrected chi connectivity index (χ3v) is 5.35. The van der Waals surface area contributed by atoms with Crippen LogP contribution in [0.5, 0.6) is 0 Å². The average Bonchev–Trinajstić information content (AvgIpc) is 3.01. The highest BCUT2D eigenvalue weighted by Gasteiger charge is 2.30. The molecular weight excluding hydrogens is 302 g/mol. The van der Waals surface area contributed by atoms with Gasteiger partial charge in [-0.15, -0.1) is 0 Å². The molecule has 0 saturated carbocycles. The Morgan fingerprint density at radius 3 is 2.58 bits per heavy atom. The molecular formula is C19H27N3O2. The lowest BCUT2D eigenvalue weighted by atomic mass is 9.90. The smallest absolute Gasteiger partial charge is 0.227 e. The molecule has 0 unspecified atom stereocenters. The fourth-order valence-electron chi connectivity index (χ4n) is 3.91. The van der Waals surface area contributed by atoms with Crippen LogP contribution in [-0.4, -0.2) is 42.4 Å². The van der Waals surface area contributed by atoms with Crippen molar-refractivity contribution in [3.05, 3.63) is 29.8 Å². The van der Waals surface area contributed by atoms with E-state index in [4.69, 9.17) is 5.73 Å². The lowest BCUT2D eigenvalue weighted by Crippen LogP contribution is -2.51. The molecule has 3 rings (SSSR count). The number of piperidine rings is 1. The van der Waals surface area contributed by atoms with Gasteiger partial charge >= 0.3 is 0 Å². The zero-order valence-electron chi connectivity index (χ0n) is 14.4. The van der Waals surface area contributed by atoms with E-state index >= 15 is 0 Å². The molecule has 2 amide bonds. The molecule has 2 heterocycles. The van der Waals surface area contributed by atoms with Crippen molar-refractivity contribution >= 4 is 17.5 Å². The van der Waals surface area contributed by atoms with Crippen molar-refractivity contribution in [3.63, 3.8) is 0 Å². The van der Waals surface area contributed by atoms with E-state index in [0.29, 0.717) is 25.3 Å². The highest BCUT2D eigenvalue weighted by Crippen LogP contribution is 2.25. The number of rotatable bonds is 4. The maximum absolute atomic E-state index is 12.7. The van der Waals surface area contributed by atoms with Crippen molar-refractivity contribution in [3.8, 4) is 0 Å². The third kappa shape index (κ3) is 3.46. The van der Waals surface area contributed by atoms with Crippen molar-refractivity contribution < 1.29 is 9.59 Å². The zero-order valence-corrected chi connectivity index (χ0v) is 14.4. The number of hydrogen-bond acceptors (Lipinski definition) is 3. The second kappa shape index (κ2) is 7.34. The number of benzene rings is 1. The molecule has 5 heteroatoms. The Morgan fingerprint density at radius 1 is 1.21 bits per heavy atom. The van der Waals surface area contributed by atoms with Gasteiger partial charge in [-0.25, -0.2) is 0 Å². The molecule has 2 atom stereocenters. The van der Waals surface area contributed by atoms with Crippen LogP contribution in [0.25, 0.3) is 0 Å². The molecule has 130 valence electrons. The van der Waals surface area contributed by atoms with Crippen LogP contribution in [0.4, 0.5) is 5.69 Å². The van der Waals surface area contributed by atoms with Crippen molar-refractivity contribution in [2.45, 2.75) is 45.1 Å². The fraction of sp³-hybridized carbons (Fsp3) is 0.579. The van der Waals surface area contributed by atoms with Gasteiger partial charge in [0, 0.05) is 37.8 Å². The number of nitrogens with zero attached hydrogens (tertiary/aromatic N) is 2. The molecule has 0 aromatic heterocycles. The van der Waals surface area contributed by atoms with Gasteiger partial charge in [-0.1, -0.05) is 19.1 Å². The number of anilines is 1. The third-order valence-electron chi connectivity index (χ3n) is 5.35.